The van der Waals surface area contributed by atoms with Crippen LogP contribution in [0.3, 0.4) is 0 Å². The molecule has 2 saturated heterocycles. The van der Waals surface area contributed by atoms with Crippen molar-refractivity contribution in [2.24, 2.45) is 5.92 Å². The summed E-state index contributed by atoms with van der Waals surface area (Å²) >= 11 is 0. The number of nitrogens with one attached hydrogen (secondary N) is 1. The van der Waals surface area contributed by atoms with Gasteiger partial charge < -0.3 is 10.1 Å². The molecule has 2 heterocycles. The van der Waals surface area contributed by atoms with Crippen molar-refractivity contribution in [3.63, 3.8) is 0 Å². The third-order valence-corrected chi connectivity index (χ3v) is 3.76. The van der Waals surface area contributed by atoms with Crippen LogP contribution in [-0.2, 0) is 9.53 Å². The largest absolute Gasteiger partial charge is 0.378 e. The molecule has 0 aromatic carbocycles. The van der Waals surface area contributed by atoms with Crippen LogP contribution in [0.2, 0.25) is 0 Å². The van der Waals surface area contributed by atoms with Gasteiger partial charge in [0.15, 0.2) is 0 Å². The summed E-state index contributed by atoms with van der Waals surface area (Å²) in [5, 5.41) is 3.49. The lowest BCUT2D eigenvalue weighted by Crippen LogP contribution is -2.55. The summed E-state index contributed by atoms with van der Waals surface area (Å²) in [6.45, 7) is 1.22. The first-order chi connectivity index (χ1) is 8.29. The zero-order valence-corrected chi connectivity index (χ0v) is 10.3. The Bertz CT molecular complexity index is 248. The number of alkyl halides is 1. The summed E-state index contributed by atoms with van der Waals surface area (Å²) in [6.07, 6.45) is 4.74. The van der Waals surface area contributed by atoms with Crippen LogP contribution >= 0.6 is 0 Å². The first kappa shape index (κ1) is 13.0. The Morgan fingerprint density at radius 3 is 2.53 bits per heavy atom. The summed E-state index contributed by atoms with van der Waals surface area (Å²) < 4.78 is 17.4. The summed E-state index contributed by atoms with van der Waals surface area (Å²) in [4.78, 5) is 12.0. The minimum absolute atomic E-state index is 0.209. The fraction of sp³-hybridized carbons (Fsp3) is 0.923. The van der Waals surface area contributed by atoms with Crippen LogP contribution in [0.4, 0.5) is 4.39 Å². The number of piperidine rings is 1. The SMILES string of the molecule is O=C(CCCCCF)C1CC2COCC(C1)N2. The van der Waals surface area contributed by atoms with E-state index in [2.05, 4.69) is 5.32 Å². The molecule has 2 unspecified atom stereocenters. The van der Waals surface area contributed by atoms with Gasteiger partial charge in [0.1, 0.15) is 5.78 Å². The van der Waals surface area contributed by atoms with Crippen LogP contribution < -0.4 is 5.32 Å². The molecular formula is C13H22FNO2. The first-order valence-electron chi connectivity index (χ1n) is 6.72. The molecule has 0 radical (unpaired) electrons. The zero-order valence-electron chi connectivity index (χ0n) is 10.3. The second kappa shape index (κ2) is 6.45. The maximum Gasteiger partial charge on any atom is 0.136 e. The minimum atomic E-state index is -0.261. The monoisotopic (exact) mass is 243 g/mol. The number of hydrogen-bond acceptors (Lipinski definition) is 3. The summed E-state index contributed by atoms with van der Waals surface area (Å²) in [5.41, 5.74) is 0. The van der Waals surface area contributed by atoms with E-state index in [0.717, 1.165) is 38.9 Å². The number of morpholine rings is 1. The number of ether oxygens (including phenoxy) is 1. The average Bonchev–Trinajstić information content (AvgIpc) is 2.34. The molecule has 0 aliphatic carbocycles. The second-order valence-corrected chi connectivity index (χ2v) is 5.23. The van der Waals surface area contributed by atoms with Crippen molar-refractivity contribution < 1.29 is 13.9 Å². The topological polar surface area (TPSA) is 38.3 Å². The molecule has 0 saturated carbocycles. The van der Waals surface area contributed by atoms with E-state index in [0.29, 0.717) is 30.7 Å². The van der Waals surface area contributed by atoms with Crippen LogP contribution in [0.5, 0.6) is 0 Å². The molecular weight excluding hydrogens is 221 g/mol. The summed E-state index contributed by atoms with van der Waals surface area (Å²) in [7, 11) is 0. The van der Waals surface area contributed by atoms with Gasteiger partial charge in [-0.2, -0.15) is 0 Å². The van der Waals surface area contributed by atoms with Crippen molar-refractivity contribution in [2.75, 3.05) is 19.9 Å². The smallest absolute Gasteiger partial charge is 0.136 e. The van der Waals surface area contributed by atoms with Gasteiger partial charge in [-0.25, -0.2) is 0 Å². The molecule has 2 bridgehead atoms. The second-order valence-electron chi connectivity index (χ2n) is 5.23. The highest BCUT2D eigenvalue weighted by Crippen LogP contribution is 2.26. The Labute approximate surface area is 102 Å². The van der Waals surface area contributed by atoms with Gasteiger partial charge in [-0.1, -0.05) is 6.42 Å². The van der Waals surface area contributed by atoms with E-state index < -0.39 is 0 Å². The Kier molecular flexibility index (Phi) is 4.92. The number of Topliss-reactive ketones (excluding diaryl/α,β-unsaturated/α-hetero) is 1. The third-order valence-electron chi connectivity index (χ3n) is 3.76. The molecule has 2 fully saturated rings. The van der Waals surface area contributed by atoms with Gasteiger partial charge in [-0.05, 0) is 25.7 Å². The standard InChI is InChI=1S/C13H22FNO2/c14-5-3-1-2-4-13(16)10-6-11-8-17-9-12(7-10)15-11/h10-12,15H,1-9H2. The van der Waals surface area contributed by atoms with Crippen molar-refractivity contribution >= 4 is 5.78 Å². The Hall–Kier alpha value is -0.480. The minimum Gasteiger partial charge on any atom is -0.378 e. The molecule has 4 heteroatoms. The van der Waals surface area contributed by atoms with Crippen LogP contribution in [0.1, 0.15) is 38.5 Å². The molecule has 2 aliphatic heterocycles. The number of rotatable bonds is 6. The van der Waals surface area contributed by atoms with Crippen molar-refractivity contribution in [3.05, 3.63) is 0 Å². The summed E-state index contributed by atoms with van der Waals surface area (Å²) in [5.74, 6) is 0.586. The van der Waals surface area contributed by atoms with E-state index in [1.54, 1.807) is 0 Å². The number of carbonyl (C=O) groups excluding carboxylic acids is 1. The summed E-state index contributed by atoms with van der Waals surface area (Å²) in [6, 6.07) is 0.726. The number of fused-ring (bicyclic) bond motifs is 2. The van der Waals surface area contributed by atoms with Gasteiger partial charge in [-0.15, -0.1) is 0 Å². The van der Waals surface area contributed by atoms with Gasteiger partial charge >= 0.3 is 0 Å². The van der Waals surface area contributed by atoms with Crippen molar-refractivity contribution in [2.45, 2.75) is 50.6 Å². The highest BCUT2D eigenvalue weighted by molar-refractivity contribution is 5.81. The predicted octanol–water partition coefficient (Wildman–Crippen LogP) is 1.85. The molecule has 3 nitrogen and oxygen atoms in total. The lowest BCUT2D eigenvalue weighted by Gasteiger charge is -2.39. The van der Waals surface area contributed by atoms with Crippen LogP contribution in [0.15, 0.2) is 0 Å². The highest BCUT2D eigenvalue weighted by Gasteiger charge is 2.34. The van der Waals surface area contributed by atoms with Gasteiger partial charge in [0.05, 0.1) is 19.9 Å². The molecule has 2 rings (SSSR count). The van der Waals surface area contributed by atoms with Crippen molar-refractivity contribution in [1.82, 2.24) is 5.32 Å². The molecule has 17 heavy (non-hydrogen) atoms. The molecule has 0 aromatic heterocycles. The van der Waals surface area contributed by atoms with Crippen molar-refractivity contribution in [1.29, 1.82) is 0 Å². The Morgan fingerprint density at radius 1 is 1.18 bits per heavy atom. The number of hydrogen-bond donors (Lipinski definition) is 1. The zero-order chi connectivity index (χ0) is 12.1. The fourth-order valence-corrected chi connectivity index (χ4v) is 2.87. The van der Waals surface area contributed by atoms with E-state index in [-0.39, 0.29) is 12.6 Å². The van der Waals surface area contributed by atoms with Crippen LogP contribution in [0, 0.1) is 5.92 Å². The van der Waals surface area contributed by atoms with E-state index >= 15 is 0 Å². The molecule has 2 atom stereocenters. The first-order valence-corrected chi connectivity index (χ1v) is 6.72. The van der Waals surface area contributed by atoms with Gasteiger partial charge in [0.2, 0.25) is 0 Å². The molecule has 98 valence electrons. The molecule has 1 N–H and O–H groups in total. The quantitative estimate of drug-likeness (QED) is 0.724. The average molecular weight is 243 g/mol. The van der Waals surface area contributed by atoms with Gasteiger partial charge in [0.25, 0.3) is 0 Å². The number of halogens is 1. The van der Waals surface area contributed by atoms with E-state index in [9.17, 15) is 9.18 Å². The maximum atomic E-state index is 12.0. The van der Waals surface area contributed by atoms with Gasteiger partial charge in [-0.3, -0.25) is 9.18 Å². The Balaban J connectivity index is 1.72. The lowest BCUT2D eigenvalue weighted by atomic mass is 9.83. The Morgan fingerprint density at radius 2 is 1.88 bits per heavy atom. The number of ketones is 1. The van der Waals surface area contributed by atoms with E-state index in [4.69, 9.17) is 4.74 Å². The normalized spacial score (nSPS) is 32.4. The predicted molar refractivity (Wildman–Crippen MR) is 63.7 cm³/mol. The lowest BCUT2D eigenvalue weighted by molar-refractivity contribution is -0.126. The molecule has 2 aliphatic rings. The fourth-order valence-electron chi connectivity index (χ4n) is 2.87. The van der Waals surface area contributed by atoms with Crippen LogP contribution in [0.25, 0.3) is 0 Å². The number of carbonyl (C=O) groups is 1. The third kappa shape index (κ3) is 3.75. The maximum absolute atomic E-state index is 12.0. The molecule has 0 aromatic rings. The van der Waals surface area contributed by atoms with Crippen molar-refractivity contribution in [3.8, 4) is 0 Å². The van der Waals surface area contributed by atoms with E-state index in [1.165, 1.54) is 0 Å². The van der Waals surface area contributed by atoms with E-state index in [1.807, 2.05) is 0 Å². The molecule has 0 spiro atoms. The number of unbranched alkanes of at least 4 members (excludes halogenated alkanes) is 2. The van der Waals surface area contributed by atoms with Gasteiger partial charge in [0, 0.05) is 24.4 Å². The highest BCUT2D eigenvalue weighted by atomic mass is 19.1. The van der Waals surface area contributed by atoms with Crippen LogP contribution in [-0.4, -0.2) is 37.8 Å². The molecule has 0 amide bonds.